The number of hydrazone groups is 1. The standard InChI is InChI=1S/C14H13ClN2O/c1-18-13-9-5-8-12(10-13)16-17-14(15)11-6-3-2-4-7-11/h2-10,16H,1H3/b17-14-. The highest BCUT2D eigenvalue weighted by Gasteiger charge is 1.98. The van der Waals surface area contributed by atoms with Gasteiger partial charge >= 0.3 is 0 Å². The van der Waals surface area contributed by atoms with Gasteiger partial charge < -0.3 is 4.74 Å². The Kier molecular flexibility index (Phi) is 4.20. The number of hydrogen-bond acceptors (Lipinski definition) is 3. The molecule has 0 amide bonds. The monoisotopic (exact) mass is 260 g/mol. The summed E-state index contributed by atoms with van der Waals surface area (Å²) in [4.78, 5) is 0. The molecule has 1 N–H and O–H groups in total. The Morgan fingerprint density at radius 1 is 1.11 bits per heavy atom. The molecule has 0 saturated carbocycles. The molecule has 0 aliphatic rings. The first-order chi connectivity index (χ1) is 8.79. The van der Waals surface area contributed by atoms with Gasteiger partial charge in [0, 0.05) is 11.6 Å². The summed E-state index contributed by atoms with van der Waals surface area (Å²) in [5, 5.41) is 4.53. The third-order valence-corrected chi connectivity index (χ3v) is 2.67. The van der Waals surface area contributed by atoms with Crippen molar-refractivity contribution in [3.8, 4) is 5.75 Å². The van der Waals surface area contributed by atoms with Crippen molar-refractivity contribution in [2.45, 2.75) is 0 Å². The summed E-state index contributed by atoms with van der Waals surface area (Å²) in [6.07, 6.45) is 0. The van der Waals surface area contributed by atoms with Crippen LogP contribution in [0.3, 0.4) is 0 Å². The maximum Gasteiger partial charge on any atom is 0.156 e. The highest BCUT2D eigenvalue weighted by Crippen LogP contribution is 2.17. The van der Waals surface area contributed by atoms with Gasteiger partial charge in [0.1, 0.15) is 5.75 Å². The predicted molar refractivity (Wildman–Crippen MR) is 75.4 cm³/mol. The molecule has 3 nitrogen and oxygen atoms in total. The van der Waals surface area contributed by atoms with E-state index in [-0.39, 0.29) is 0 Å². The summed E-state index contributed by atoms with van der Waals surface area (Å²) >= 11 is 6.09. The molecule has 0 heterocycles. The molecule has 2 aromatic rings. The van der Waals surface area contributed by atoms with Gasteiger partial charge in [-0.1, -0.05) is 48.0 Å². The fourth-order valence-corrected chi connectivity index (χ4v) is 1.61. The Labute approximate surface area is 111 Å². The first kappa shape index (κ1) is 12.5. The number of halogens is 1. The highest BCUT2D eigenvalue weighted by atomic mass is 35.5. The first-order valence-corrected chi connectivity index (χ1v) is 5.86. The van der Waals surface area contributed by atoms with Crippen molar-refractivity contribution in [3.63, 3.8) is 0 Å². The van der Waals surface area contributed by atoms with E-state index in [1.165, 1.54) is 0 Å². The molecule has 2 rings (SSSR count). The third kappa shape index (κ3) is 3.25. The molecular formula is C14H13ClN2O. The normalized spacial score (nSPS) is 11.1. The Hall–Kier alpha value is -2.00. The SMILES string of the molecule is COc1cccc(N/N=C(\Cl)c2ccccc2)c1. The Bertz CT molecular complexity index is 541. The molecule has 0 spiro atoms. The molecule has 0 radical (unpaired) electrons. The predicted octanol–water partition coefficient (Wildman–Crippen LogP) is 3.71. The number of nitrogens with zero attached hydrogens (tertiary/aromatic N) is 1. The molecule has 0 fully saturated rings. The number of anilines is 1. The molecule has 0 atom stereocenters. The molecule has 18 heavy (non-hydrogen) atoms. The molecule has 92 valence electrons. The summed E-state index contributed by atoms with van der Waals surface area (Å²) in [7, 11) is 1.62. The first-order valence-electron chi connectivity index (χ1n) is 5.48. The van der Waals surface area contributed by atoms with E-state index in [1.54, 1.807) is 7.11 Å². The van der Waals surface area contributed by atoms with Crippen LogP contribution in [0.1, 0.15) is 5.56 Å². The topological polar surface area (TPSA) is 33.6 Å². The van der Waals surface area contributed by atoms with Crippen LogP contribution in [0.5, 0.6) is 5.75 Å². The second-order valence-electron chi connectivity index (χ2n) is 3.61. The van der Waals surface area contributed by atoms with Crippen molar-refractivity contribution in [3.05, 3.63) is 60.2 Å². The number of benzene rings is 2. The van der Waals surface area contributed by atoms with Crippen LogP contribution in [0.15, 0.2) is 59.7 Å². The lowest BCUT2D eigenvalue weighted by Gasteiger charge is -2.04. The zero-order chi connectivity index (χ0) is 12.8. The summed E-state index contributed by atoms with van der Waals surface area (Å²) in [6, 6.07) is 17.1. The van der Waals surface area contributed by atoms with Gasteiger partial charge in [0.05, 0.1) is 12.8 Å². The number of hydrogen-bond donors (Lipinski definition) is 1. The summed E-state index contributed by atoms with van der Waals surface area (Å²) in [6.45, 7) is 0. The summed E-state index contributed by atoms with van der Waals surface area (Å²) in [5.41, 5.74) is 4.59. The van der Waals surface area contributed by atoms with Gasteiger partial charge in [-0.25, -0.2) is 0 Å². The second kappa shape index (κ2) is 6.07. The van der Waals surface area contributed by atoms with E-state index < -0.39 is 0 Å². The highest BCUT2D eigenvalue weighted by molar-refractivity contribution is 6.69. The minimum Gasteiger partial charge on any atom is -0.497 e. The molecule has 2 aromatic carbocycles. The Morgan fingerprint density at radius 3 is 2.61 bits per heavy atom. The smallest absolute Gasteiger partial charge is 0.156 e. The third-order valence-electron chi connectivity index (χ3n) is 2.36. The number of methoxy groups -OCH3 is 1. The van der Waals surface area contributed by atoms with Crippen LogP contribution >= 0.6 is 11.6 Å². The minimum absolute atomic E-state index is 0.415. The van der Waals surface area contributed by atoms with E-state index in [1.807, 2.05) is 54.6 Å². The van der Waals surface area contributed by atoms with Crippen molar-refractivity contribution in [1.82, 2.24) is 0 Å². The van der Waals surface area contributed by atoms with Gasteiger partial charge in [-0.15, -0.1) is 0 Å². The minimum atomic E-state index is 0.415. The second-order valence-corrected chi connectivity index (χ2v) is 3.97. The number of ether oxygens (including phenoxy) is 1. The zero-order valence-electron chi connectivity index (χ0n) is 9.93. The largest absolute Gasteiger partial charge is 0.497 e. The van der Waals surface area contributed by atoms with Crippen molar-refractivity contribution in [2.24, 2.45) is 5.10 Å². The van der Waals surface area contributed by atoms with E-state index in [4.69, 9.17) is 16.3 Å². The van der Waals surface area contributed by atoms with Gasteiger partial charge in [0.15, 0.2) is 5.17 Å². The van der Waals surface area contributed by atoms with E-state index in [0.717, 1.165) is 17.0 Å². The maximum atomic E-state index is 6.09. The fourth-order valence-electron chi connectivity index (χ4n) is 1.45. The van der Waals surface area contributed by atoms with Crippen molar-refractivity contribution < 1.29 is 4.74 Å². The summed E-state index contributed by atoms with van der Waals surface area (Å²) in [5.74, 6) is 0.769. The van der Waals surface area contributed by atoms with E-state index >= 15 is 0 Å². The molecule has 0 aliphatic carbocycles. The lowest BCUT2D eigenvalue weighted by Crippen LogP contribution is -1.97. The molecule has 4 heteroatoms. The molecular weight excluding hydrogens is 248 g/mol. The van der Waals surface area contributed by atoms with Gasteiger partial charge in [-0.3, -0.25) is 5.43 Å². The Morgan fingerprint density at radius 2 is 1.89 bits per heavy atom. The molecule has 0 aliphatic heterocycles. The van der Waals surface area contributed by atoms with E-state index in [9.17, 15) is 0 Å². The van der Waals surface area contributed by atoms with Gasteiger partial charge in [0.25, 0.3) is 0 Å². The zero-order valence-corrected chi connectivity index (χ0v) is 10.7. The van der Waals surface area contributed by atoms with Crippen LogP contribution in [-0.2, 0) is 0 Å². The number of rotatable bonds is 4. The number of nitrogens with one attached hydrogen (secondary N) is 1. The average Bonchev–Trinajstić information content (AvgIpc) is 2.46. The van der Waals surface area contributed by atoms with Crippen LogP contribution in [0, 0.1) is 0 Å². The molecule has 0 bridgehead atoms. The van der Waals surface area contributed by atoms with E-state index in [2.05, 4.69) is 10.5 Å². The molecule has 0 aromatic heterocycles. The van der Waals surface area contributed by atoms with Crippen molar-refractivity contribution >= 4 is 22.5 Å². The Balaban J connectivity index is 2.10. The quantitative estimate of drug-likeness (QED) is 0.672. The maximum absolute atomic E-state index is 6.09. The van der Waals surface area contributed by atoms with Gasteiger partial charge in [-0.2, -0.15) is 5.10 Å². The molecule has 0 unspecified atom stereocenters. The van der Waals surface area contributed by atoms with Crippen LogP contribution in [0.2, 0.25) is 0 Å². The van der Waals surface area contributed by atoms with Gasteiger partial charge in [0.2, 0.25) is 0 Å². The van der Waals surface area contributed by atoms with Crippen LogP contribution in [-0.4, -0.2) is 12.3 Å². The van der Waals surface area contributed by atoms with Crippen molar-refractivity contribution in [1.29, 1.82) is 0 Å². The lowest BCUT2D eigenvalue weighted by molar-refractivity contribution is 0.415. The van der Waals surface area contributed by atoms with Crippen molar-refractivity contribution in [2.75, 3.05) is 12.5 Å². The van der Waals surface area contributed by atoms with Crippen LogP contribution in [0.25, 0.3) is 0 Å². The lowest BCUT2D eigenvalue weighted by atomic mass is 10.2. The van der Waals surface area contributed by atoms with E-state index in [0.29, 0.717) is 5.17 Å². The fraction of sp³-hybridized carbons (Fsp3) is 0.0714. The van der Waals surface area contributed by atoms with Crippen LogP contribution in [0.4, 0.5) is 5.69 Å². The molecule has 0 saturated heterocycles. The van der Waals surface area contributed by atoms with Crippen LogP contribution < -0.4 is 10.2 Å². The average molecular weight is 261 g/mol. The van der Waals surface area contributed by atoms with Gasteiger partial charge in [-0.05, 0) is 12.1 Å². The summed E-state index contributed by atoms with van der Waals surface area (Å²) < 4.78 is 5.12.